The molecule has 1 aromatic heterocycles. The smallest absolute Gasteiger partial charge is 0.270 e. The highest BCUT2D eigenvalue weighted by Crippen LogP contribution is 2.24. The molecule has 0 saturated heterocycles. The number of fused-ring (bicyclic) bond motifs is 1. The van der Waals surface area contributed by atoms with Gasteiger partial charge < -0.3 is 10.2 Å². The van der Waals surface area contributed by atoms with Crippen LogP contribution in [0.25, 0.3) is 0 Å². The third-order valence-corrected chi connectivity index (χ3v) is 5.17. The molecule has 24 heavy (non-hydrogen) atoms. The third kappa shape index (κ3) is 3.14. The number of anilines is 1. The summed E-state index contributed by atoms with van der Waals surface area (Å²) in [6, 6.07) is 12.8. The molecular weight excluding hydrogens is 298 g/mol. The SMILES string of the molecule is O=C(NC1CCCC1)c1ccc(N2CCc3ccccc3C2)cn1. The van der Waals surface area contributed by atoms with Crippen molar-refractivity contribution in [2.75, 3.05) is 11.4 Å². The van der Waals surface area contributed by atoms with Crippen LogP contribution in [0.5, 0.6) is 0 Å². The van der Waals surface area contributed by atoms with E-state index in [1.807, 2.05) is 18.3 Å². The Morgan fingerprint density at radius 3 is 2.62 bits per heavy atom. The molecule has 1 aromatic carbocycles. The number of nitrogens with zero attached hydrogens (tertiary/aromatic N) is 2. The molecular formula is C20H23N3O. The second-order valence-corrected chi connectivity index (χ2v) is 6.80. The molecule has 1 aliphatic heterocycles. The molecule has 4 heteroatoms. The molecule has 1 saturated carbocycles. The van der Waals surface area contributed by atoms with Crippen LogP contribution in [0.1, 0.15) is 47.3 Å². The molecule has 2 aromatic rings. The Hall–Kier alpha value is -2.36. The van der Waals surface area contributed by atoms with Crippen LogP contribution in [-0.2, 0) is 13.0 Å². The first kappa shape index (κ1) is 15.2. The van der Waals surface area contributed by atoms with Crippen molar-refractivity contribution in [2.24, 2.45) is 0 Å². The van der Waals surface area contributed by atoms with E-state index in [1.54, 1.807) is 0 Å². The van der Waals surface area contributed by atoms with Gasteiger partial charge in [0.05, 0.1) is 11.9 Å². The molecule has 1 N–H and O–H groups in total. The highest BCUT2D eigenvalue weighted by molar-refractivity contribution is 5.92. The maximum Gasteiger partial charge on any atom is 0.270 e. The number of nitrogens with one attached hydrogen (secondary N) is 1. The lowest BCUT2D eigenvalue weighted by Gasteiger charge is -2.30. The van der Waals surface area contributed by atoms with Gasteiger partial charge in [-0.2, -0.15) is 0 Å². The van der Waals surface area contributed by atoms with E-state index in [9.17, 15) is 4.79 Å². The lowest BCUT2D eigenvalue weighted by Crippen LogP contribution is -2.33. The second-order valence-electron chi connectivity index (χ2n) is 6.80. The van der Waals surface area contributed by atoms with E-state index >= 15 is 0 Å². The Morgan fingerprint density at radius 1 is 1.08 bits per heavy atom. The van der Waals surface area contributed by atoms with Gasteiger partial charge in [-0.05, 0) is 42.5 Å². The first-order valence-electron chi connectivity index (χ1n) is 8.88. The number of hydrogen-bond acceptors (Lipinski definition) is 3. The Balaban J connectivity index is 1.43. The first-order chi connectivity index (χ1) is 11.8. The minimum absolute atomic E-state index is 0.0440. The molecule has 4 rings (SSSR count). The minimum atomic E-state index is -0.0440. The summed E-state index contributed by atoms with van der Waals surface area (Å²) in [5.41, 5.74) is 4.42. The van der Waals surface area contributed by atoms with Crippen molar-refractivity contribution >= 4 is 11.6 Å². The van der Waals surface area contributed by atoms with Gasteiger partial charge in [0.1, 0.15) is 5.69 Å². The van der Waals surface area contributed by atoms with Crippen LogP contribution in [0.4, 0.5) is 5.69 Å². The maximum atomic E-state index is 12.3. The average molecular weight is 321 g/mol. The average Bonchev–Trinajstić information content (AvgIpc) is 3.14. The Bertz CT molecular complexity index is 720. The fraction of sp³-hybridized carbons (Fsp3) is 0.400. The van der Waals surface area contributed by atoms with Crippen molar-refractivity contribution in [2.45, 2.75) is 44.7 Å². The molecule has 1 fully saturated rings. The monoisotopic (exact) mass is 321 g/mol. The molecule has 1 aliphatic carbocycles. The van der Waals surface area contributed by atoms with Crippen molar-refractivity contribution < 1.29 is 4.79 Å². The van der Waals surface area contributed by atoms with E-state index < -0.39 is 0 Å². The lowest BCUT2D eigenvalue weighted by atomic mass is 10.00. The quantitative estimate of drug-likeness (QED) is 0.943. The van der Waals surface area contributed by atoms with Crippen LogP contribution in [0, 0.1) is 0 Å². The molecule has 4 nitrogen and oxygen atoms in total. The fourth-order valence-corrected chi connectivity index (χ4v) is 3.75. The number of pyridine rings is 1. The number of rotatable bonds is 3. The zero-order valence-electron chi connectivity index (χ0n) is 13.9. The normalized spacial score (nSPS) is 17.6. The van der Waals surface area contributed by atoms with E-state index in [4.69, 9.17) is 0 Å². The Kier molecular flexibility index (Phi) is 4.20. The number of carbonyl (C=O) groups excluding carboxylic acids is 1. The molecule has 124 valence electrons. The van der Waals surface area contributed by atoms with Crippen LogP contribution in [0.2, 0.25) is 0 Å². The molecule has 1 amide bonds. The number of carbonyl (C=O) groups is 1. The van der Waals surface area contributed by atoms with Crippen LogP contribution in [-0.4, -0.2) is 23.5 Å². The minimum Gasteiger partial charge on any atom is -0.366 e. The van der Waals surface area contributed by atoms with Gasteiger partial charge in [0.25, 0.3) is 5.91 Å². The van der Waals surface area contributed by atoms with Crippen molar-refractivity contribution in [3.8, 4) is 0 Å². The molecule has 0 bridgehead atoms. The number of aromatic nitrogens is 1. The molecule has 0 unspecified atom stereocenters. The summed E-state index contributed by atoms with van der Waals surface area (Å²) in [6.45, 7) is 1.90. The van der Waals surface area contributed by atoms with Crippen molar-refractivity contribution in [1.29, 1.82) is 0 Å². The zero-order chi connectivity index (χ0) is 16.4. The number of benzene rings is 1. The van der Waals surface area contributed by atoms with Gasteiger partial charge in [-0.3, -0.25) is 4.79 Å². The van der Waals surface area contributed by atoms with Crippen molar-refractivity contribution in [3.63, 3.8) is 0 Å². The van der Waals surface area contributed by atoms with Crippen LogP contribution >= 0.6 is 0 Å². The van der Waals surface area contributed by atoms with E-state index in [0.29, 0.717) is 11.7 Å². The van der Waals surface area contributed by atoms with Crippen LogP contribution < -0.4 is 10.2 Å². The molecule has 0 spiro atoms. The highest BCUT2D eigenvalue weighted by atomic mass is 16.1. The zero-order valence-corrected chi connectivity index (χ0v) is 13.9. The van der Waals surface area contributed by atoms with E-state index in [2.05, 4.69) is 39.5 Å². The summed E-state index contributed by atoms with van der Waals surface area (Å²) in [7, 11) is 0. The largest absolute Gasteiger partial charge is 0.366 e. The lowest BCUT2D eigenvalue weighted by molar-refractivity contribution is 0.0933. The summed E-state index contributed by atoms with van der Waals surface area (Å²) in [6.07, 6.45) is 7.51. The van der Waals surface area contributed by atoms with Crippen molar-refractivity contribution in [3.05, 3.63) is 59.4 Å². The van der Waals surface area contributed by atoms with Gasteiger partial charge in [0.2, 0.25) is 0 Å². The van der Waals surface area contributed by atoms with Crippen LogP contribution in [0.3, 0.4) is 0 Å². The first-order valence-corrected chi connectivity index (χ1v) is 8.88. The summed E-state index contributed by atoms with van der Waals surface area (Å²) >= 11 is 0. The number of hydrogen-bond donors (Lipinski definition) is 1. The molecule has 0 radical (unpaired) electrons. The summed E-state index contributed by atoms with van der Waals surface area (Å²) in [4.78, 5) is 19.0. The Labute approximate surface area is 142 Å². The molecule has 2 aliphatic rings. The van der Waals surface area contributed by atoms with E-state index in [0.717, 1.165) is 38.0 Å². The van der Waals surface area contributed by atoms with Gasteiger partial charge in [-0.1, -0.05) is 37.1 Å². The highest BCUT2D eigenvalue weighted by Gasteiger charge is 2.20. The van der Waals surface area contributed by atoms with Crippen molar-refractivity contribution in [1.82, 2.24) is 10.3 Å². The standard InChI is InChI=1S/C20H23N3O/c24-20(22-17-7-3-4-8-17)19-10-9-18(13-21-19)23-12-11-15-5-1-2-6-16(15)14-23/h1-2,5-6,9-10,13,17H,3-4,7-8,11-12,14H2,(H,22,24). The van der Waals surface area contributed by atoms with Gasteiger partial charge >= 0.3 is 0 Å². The van der Waals surface area contributed by atoms with E-state index in [-0.39, 0.29) is 5.91 Å². The second kappa shape index (κ2) is 6.63. The fourth-order valence-electron chi connectivity index (χ4n) is 3.75. The Morgan fingerprint density at radius 2 is 1.88 bits per heavy atom. The predicted molar refractivity (Wildman–Crippen MR) is 95.2 cm³/mol. The third-order valence-electron chi connectivity index (χ3n) is 5.17. The predicted octanol–water partition coefficient (Wildman–Crippen LogP) is 3.32. The summed E-state index contributed by atoms with van der Waals surface area (Å²) in [5.74, 6) is -0.0440. The van der Waals surface area contributed by atoms with Crippen LogP contribution in [0.15, 0.2) is 42.6 Å². The van der Waals surface area contributed by atoms with Gasteiger partial charge in [0, 0.05) is 19.1 Å². The molecule has 0 atom stereocenters. The van der Waals surface area contributed by atoms with E-state index in [1.165, 1.54) is 24.0 Å². The van der Waals surface area contributed by atoms with Gasteiger partial charge in [-0.25, -0.2) is 4.98 Å². The maximum absolute atomic E-state index is 12.3. The van der Waals surface area contributed by atoms with Gasteiger partial charge in [0.15, 0.2) is 0 Å². The molecule has 2 heterocycles. The number of amides is 1. The summed E-state index contributed by atoms with van der Waals surface area (Å²) in [5, 5.41) is 3.09. The topological polar surface area (TPSA) is 45.2 Å². The summed E-state index contributed by atoms with van der Waals surface area (Å²) < 4.78 is 0. The van der Waals surface area contributed by atoms with Gasteiger partial charge in [-0.15, -0.1) is 0 Å².